The number of nitrogens with zero attached hydrogens (tertiary/aromatic N) is 2. The highest BCUT2D eigenvalue weighted by molar-refractivity contribution is 8.13. The number of hydrogen-bond acceptors (Lipinski definition) is 5. The van der Waals surface area contributed by atoms with Crippen molar-refractivity contribution in [2.75, 3.05) is 38.0 Å². The highest BCUT2D eigenvalue weighted by atomic mass is 32.2. The first-order valence-corrected chi connectivity index (χ1v) is 10.4. The fourth-order valence-corrected chi connectivity index (χ4v) is 3.95. The van der Waals surface area contributed by atoms with Crippen LogP contribution < -0.4 is 15.0 Å². The molecule has 0 aliphatic carbocycles. The minimum atomic E-state index is -0.495. The van der Waals surface area contributed by atoms with Gasteiger partial charge in [-0.3, -0.25) is 14.4 Å². The summed E-state index contributed by atoms with van der Waals surface area (Å²) in [6.07, 6.45) is 0.120. The summed E-state index contributed by atoms with van der Waals surface area (Å²) >= 11 is 1.05. The Labute approximate surface area is 180 Å². The van der Waals surface area contributed by atoms with E-state index in [1.54, 1.807) is 44.3 Å². The summed E-state index contributed by atoms with van der Waals surface area (Å²) < 4.78 is 5.39. The van der Waals surface area contributed by atoms with Gasteiger partial charge < -0.3 is 19.9 Å². The molecule has 1 atom stereocenters. The Morgan fingerprint density at radius 3 is 2.63 bits per heavy atom. The molecule has 3 amide bonds. The van der Waals surface area contributed by atoms with E-state index in [0.717, 1.165) is 17.3 Å². The van der Waals surface area contributed by atoms with E-state index < -0.39 is 5.92 Å². The van der Waals surface area contributed by atoms with Gasteiger partial charge in [0.25, 0.3) is 5.24 Å². The van der Waals surface area contributed by atoms with Gasteiger partial charge in [0.15, 0.2) is 0 Å². The molecule has 1 aliphatic rings. The van der Waals surface area contributed by atoms with Crippen molar-refractivity contribution in [1.82, 2.24) is 4.90 Å². The van der Waals surface area contributed by atoms with Gasteiger partial charge in [-0.25, -0.2) is 0 Å². The molecular weight excluding hydrogens is 402 g/mol. The van der Waals surface area contributed by atoms with E-state index in [2.05, 4.69) is 5.32 Å². The van der Waals surface area contributed by atoms with Gasteiger partial charge in [0.1, 0.15) is 5.75 Å². The van der Waals surface area contributed by atoms with Crippen LogP contribution >= 0.6 is 11.8 Å². The smallest absolute Gasteiger partial charge is 0.286 e. The normalized spacial score (nSPS) is 15.8. The molecule has 0 aromatic heterocycles. The monoisotopic (exact) mass is 427 g/mol. The van der Waals surface area contributed by atoms with Crippen LogP contribution in [0.15, 0.2) is 47.4 Å². The van der Waals surface area contributed by atoms with E-state index in [0.29, 0.717) is 22.0 Å². The predicted octanol–water partition coefficient (Wildman–Crippen LogP) is 3.77. The number of anilines is 2. The molecule has 0 spiro atoms. The first-order chi connectivity index (χ1) is 14.3. The van der Waals surface area contributed by atoms with E-state index in [1.165, 1.54) is 4.90 Å². The van der Waals surface area contributed by atoms with Gasteiger partial charge in [-0.05, 0) is 48.5 Å². The molecule has 8 heteroatoms. The fourth-order valence-electron chi connectivity index (χ4n) is 3.21. The van der Waals surface area contributed by atoms with Crippen LogP contribution in [0.25, 0.3) is 0 Å². The second-order valence-corrected chi connectivity index (χ2v) is 8.32. The van der Waals surface area contributed by atoms with Crippen LogP contribution in [0.3, 0.4) is 0 Å². The molecule has 1 aliphatic heterocycles. The van der Waals surface area contributed by atoms with Crippen LogP contribution in [0, 0.1) is 12.8 Å². The van der Waals surface area contributed by atoms with Gasteiger partial charge >= 0.3 is 0 Å². The van der Waals surface area contributed by atoms with Crippen molar-refractivity contribution in [1.29, 1.82) is 0 Å². The average Bonchev–Trinajstić information content (AvgIpc) is 3.11. The molecule has 0 radical (unpaired) electrons. The van der Waals surface area contributed by atoms with Gasteiger partial charge in [-0.2, -0.15) is 0 Å². The first-order valence-electron chi connectivity index (χ1n) is 9.54. The number of amides is 3. The molecular formula is C22H25N3O4S. The average molecular weight is 428 g/mol. The van der Waals surface area contributed by atoms with Crippen molar-refractivity contribution in [3.05, 3.63) is 48.0 Å². The number of aryl methyl sites for hydroxylation is 1. The summed E-state index contributed by atoms with van der Waals surface area (Å²) in [6, 6.07) is 12.8. The highest BCUT2D eigenvalue weighted by Crippen LogP contribution is 2.35. The summed E-state index contributed by atoms with van der Waals surface area (Å²) in [4.78, 5) is 41.3. The lowest BCUT2D eigenvalue weighted by Gasteiger charge is -2.20. The summed E-state index contributed by atoms with van der Waals surface area (Å²) in [6.45, 7) is 2.22. The number of ether oxygens (including phenoxy) is 1. The summed E-state index contributed by atoms with van der Waals surface area (Å²) in [5.74, 6) is -0.267. The number of rotatable bonds is 5. The molecule has 2 aromatic rings. The zero-order valence-corrected chi connectivity index (χ0v) is 18.3. The molecule has 0 saturated carbocycles. The van der Waals surface area contributed by atoms with Crippen LogP contribution in [0.1, 0.15) is 12.0 Å². The van der Waals surface area contributed by atoms with E-state index in [4.69, 9.17) is 4.74 Å². The lowest BCUT2D eigenvalue weighted by molar-refractivity contribution is -0.122. The second kappa shape index (κ2) is 9.21. The summed E-state index contributed by atoms with van der Waals surface area (Å²) in [5.41, 5.74) is 2.23. The van der Waals surface area contributed by atoms with Gasteiger partial charge in [0.2, 0.25) is 11.8 Å². The number of carbonyl (C=O) groups is 3. The number of hydrogen-bond donors (Lipinski definition) is 1. The fraction of sp³-hybridized carbons (Fsp3) is 0.318. The van der Waals surface area contributed by atoms with E-state index in [9.17, 15) is 14.4 Å². The molecule has 2 aromatic carbocycles. The van der Waals surface area contributed by atoms with Crippen LogP contribution in [0.4, 0.5) is 16.2 Å². The van der Waals surface area contributed by atoms with Gasteiger partial charge in [0, 0.05) is 32.0 Å². The first kappa shape index (κ1) is 21.7. The molecule has 30 heavy (non-hydrogen) atoms. The quantitative estimate of drug-likeness (QED) is 0.735. The number of nitrogens with one attached hydrogen (secondary N) is 1. The minimum absolute atomic E-state index is 0.120. The summed E-state index contributed by atoms with van der Waals surface area (Å²) in [5, 5.41) is 2.75. The van der Waals surface area contributed by atoms with Crippen LogP contribution in [-0.2, 0) is 9.59 Å². The third kappa shape index (κ3) is 4.76. The predicted molar refractivity (Wildman–Crippen MR) is 118 cm³/mol. The number of thioether (sulfide) groups is 1. The number of para-hydroxylation sites is 1. The molecule has 1 N–H and O–H groups in total. The Morgan fingerprint density at radius 1 is 1.20 bits per heavy atom. The topological polar surface area (TPSA) is 79.0 Å². The molecule has 1 fully saturated rings. The standard InChI is InChI=1S/C22H25N3O4S/c1-14-9-10-18(29-4)17(11-14)25-13-15(12-20(25)26)21(27)23-16-7-5-6-8-19(16)30-22(28)24(2)3/h5-11,15H,12-13H2,1-4H3,(H,23,27). The molecule has 158 valence electrons. The molecule has 3 rings (SSSR count). The van der Waals surface area contributed by atoms with Gasteiger partial charge in [0.05, 0.1) is 24.4 Å². The van der Waals surface area contributed by atoms with Crippen molar-refractivity contribution in [3.63, 3.8) is 0 Å². The summed E-state index contributed by atoms with van der Waals surface area (Å²) in [7, 11) is 4.91. The van der Waals surface area contributed by atoms with Crippen molar-refractivity contribution in [3.8, 4) is 5.75 Å². The Morgan fingerprint density at radius 2 is 1.93 bits per heavy atom. The molecule has 1 saturated heterocycles. The van der Waals surface area contributed by atoms with Crippen molar-refractivity contribution >= 4 is 40.2 Å². The maximum absolute atomic E-state index is 12.9. The zero-order valence-electron chi connectivity index (χ0n) is 17.5. The van der Waals surface area contributed by atoms with Crippen LogP contribution in [0.5, 0.6) is 5.75 Å². The van der Waals surface area contributed by atoms with Gasteiger partial charge in [-0.1, -0.05) is 18.2 Å². The van der Waals surface area contributed by atoms with Crippen LogP contribution in [0.2, 0.25) is 0 Å². The Balaban J connectivity index is 1.75. The zero-order chi connectivity index (χ0) is 21.8. The van der Waals surface area contributed by atoms with Gasteiger partial charge in [-0.15, -0.1) is 0 Å². The van der Waals surface area contributed by atoms with E-state index in [-0.39, 0.29) is 30.0 Å². The Bertz CT molecular complexity index is 977. The van der Waals surface area contributed by atoms with E-state index >= 15 is 0 Å². The van der Waals surface area contributed by atoms with Crippen molar-refractivity contribution < 1.29 is 19.1 Å². The number of benzene rings is 2. The SMILES string of the molecule is COc1ccc(C)cc1N1CC(C(=O)Nc2ccccc2SC(=O)N(C)C)CC1=O. The largest absolute Gasteiger partial charge is 0.495 e. The van der Waals surface area contributed by atoms with Crippen molar-refractivity contribution in [2.45, 2.75) is 18.2 Å². The van der Waals surface area contributed by atoms with Crippen molar-refractivity contribution in [2.24, 2.45) is 5.92 Å². The molecule has 7 nitrogen and oxygen atoms in total. The number of methoxy groups -OCH3 is 1. The van der Waals surface area contributed by atoms with E-state index in [1.807, 2.05) is 31.2 Å². The second-order valence-electron chi connectivity index (χ2n) is 7.33. The molecule has 1 heterocycles. The lowest BCUT2D eigenvalue weighted by Crippen LogP contribution is -2.28. The minimum Gasteiger partial charge on any atom is -0.495 e. The maximum atomic E-state index is 12.9. The third-order valence-corrected chi connectivity index (χ3v) is 5.94. The molecule has 1 unspecified atom stereocenters. The lowest BCUT2D eigenvalue weighted by atomic mass is 10.1. The third-order valence-electron chi connectivity index (χ3n) is 4.83. The highest BCUT2D eigenvalue weighted by Gasteiger charge is 2.36. The molecule has 0 bridgehead atoms. The van der Waals surface area contributed by atoms with Crippen LogP contribution in [-0.4, -0.2) is 49.7 Å². The number of carbonyl (C=O) groups excluding carboxylic acids is 3. The Hall–Kier alpha value is -3.00. The Kier molecular flexibility index (Phi) is 6.66. The maximum Gasteiger partial charge on any atom is 0.286 e.